The van der Waals surface area contributed by atoms with Crippen molar-refractivity contribution < 1.29 is 0 Å². The number of benzene rings is 1. The molecule has 0 radical (unpaired) electrons. The first-order valence-electron chi connectivity index (χ1n) is 5.00. The van der Waals surface area contributed by atoms with E-state index in [1.165, 1.54) is 0 Å². The second-order valence-electron chi connectivity index (χ2n) is 3.11. The van der Waals surface area contributed by atoms with Gasteiger partial charge in [0.25, 0.3) is 0 Å². The van der Waals surface area contributed by atoms with Gasteiger partial charge in [0, 0.05) is 13.1 Å². The molecular weight excluding hydrogens is 174 g/mol. The molecule has 0 fully saturated rings. The van der Waals surface area contributed by atoms with Gasteiger partial charge in [-0.05, 0) is 32.4 Å². The monoisotopic (exact) mass is 191 g/mol. The van der Waals surface area contributed by atoms with Crippen LogP contribution in [0.15, 0.2) is 34.6 Å². The molecule has 3 heteroatoms. The smallest absolute Gasteiger partial charge is 0.0903 e. The lowest BCUT2D eigenvalue weighted by Crippen LogP contribution is -2.14. The highest BCUT2D eigenvalue weighted by Crippen LogP contribution is 2.17. The van der Waals surface area contributed by atoms with E-state index in [-0.39, 0.29) is 0 Å². The van der Waals surface area contributed by atoms with E-state index in [1.807, 2.05) is 36.2 Å². The molecule has 0 saturated carbocycles. The van der Waals surface area contributed by atoms with Crippen LogP contribution in [0.5, 0.6) is 0 Å². The lowest BCUT2D eigenvalue weighted by Gasteiger charge is -2.11. The highest BCUT2D eigenvalue weighted by molar-refractivity contribution is 5.43. The number of aryl methyl sites for hydroxylation is 1. The van der Waals surface area contributed by atoms with E-state index in [0.29, 0.717) is 0 Å². The maximum Gasteiger partial charge on any atom is 0.0903 e. The quantitative estimate of drug-likeness (QED) is 0.530. The summed E-state index contributed by atoms with van der Waals surface area (Å²) in [7, 11) is 0. The van der Waals surface area contributed by atoms with Crippen molar-refractivity contribution in [3.8, 4) is 0 Å². The van der Waals surface area contributed by atoms with Gasteiger partial charge < -0.3 is 0 Å². The van der Waals surface area contributed by atoms with Crippen LogP contribution in [0.2, 0.25) is 0 Å². The van der Waals surface area contributed by atoms with Crippen LogP contribution in [0.25, 0.3) is 0 Å². The molecule has 1 aromatic rings. The fraction of sp³-hybridized carbons (Fsp3) is 0.455. The second-order valence-corrected chi connectivity index (χ2v) is 3.11. The predicted molar refractivity (Wildman–Crippen MR) is 58.6 cm³/mol. The molecule has 0 aliphatic rings. The molecule has 1 rings (SSSR count). The Morgan fingerprint density at radius 3 is 2.36 bits per heavy atom. The highest BCUT2D eigenvalue weighted by Gasteiger charge is 1.95. The van der Waals surface area contributed by atoms with Crippen LogP contribution < -0.4 is 0 Å². The van der Waals surface area contributed by atoms with Gasteiger partial charge in [-0.1, -0.05) is 23.4 Å². The maximum atomic E-state index is 4.20. The van der Waals surface area contributed by atoms with Crippen molar-refractivity contribution in [2.45, 2.75) is 20.8 Å². The number of nitrogens with zero attached hydrogens (tertiary/aromatic N) is 3. The molecule has 0 atom stereocenters. The standard InChI is InChI=1S/C11H17N3/c1-4-14(5-2)13-12-11-9-7-6-8-10(11)3/h6-9H,4-5H2,1-3H3. The maximum absolute atomic E-state index is 4.20. The summed E-state index contributed by atoms with van der Waals surface area (Å²) in [5, 5.41) is 10.3. The lowest BCUT2D eigenvalue weighted by atomic mass is 10.2. The molecule has 0 aliphatic heterocycles. The van der Waals surface area contributed by atoms with Crippen molar-refractivity contribution in [3.05, 3.63) is 29.8 Å². The van der Waals surface area contributed by atoms with Crippen LogP contribution in [0.1, 0.15) is 19.4 Å². The van der Waals surface area contributed by atoms with Gasteiger partial charge in [-0.2, -0.15) is 0 Å². The summed E-state index contributed by atoms with van der Waals surface area (Å²) in [6.45, 7) is 7.97. The predicted octanol–water partition coefficient (Wildman–Crippen LogP) is 3.34. The molecule has 0 N–H and O–H groups in total. The van der Waals surface area contributed by atoms with Crippen molar-refractivity contribution in [3.63, 3.8) is 0 Å². The highest BCUT2D eigenvalue weighted by atomic mass is 15.5. The van der Waals surface area contributed by atoms with Crippen molar-refractivity contribution in [1.29, 1.82) is 0 Å². The van der Waals surface area contributed by atoms with Crippen LogP contribution >= 0.6 is 0 Å². The van der Waals surface area contributed by atoms with Crippen LogP contribution in [0, 0.1) is 6.92 Å². The molecule has 0 amide bonds. The van der Waals surface area contributed by atoms with Gasteiger partial charge in [0.2, 0.25) is 0 Å². The number of rotatable bonds is 4. The van der Waals surface area contributed by atoms with E-state index in [0.717, 1.165) is 24.3 Å². The third-order valence-corrected chi connectivity index (χ3v) is 2.12. The van der Waals surface area contributed by atoms with Gasteiger partial charge in [-0.15, -0.1) is 5.11 Å². The van der Waals surface area contributed by atoms with Gasteiger partial charge in [0.1, 0.15) is 0 Å². The van der Waals surface area contributed by atoms with Crippen LogP contribution in [0.3, 0.4) is 0 Å². The molecule has 0 unspecified atom stereocenters. The summed E-state index contributed by atoms with van der Waals surface area (Å²) < 4.78 is 0. The fourth-order valence-electron chi connectivity index (χ4n) is 1.14. The number of hydrogen-bond donors (Lipinski definition) is 0. The molecule has 14 heavy (non-hydrogen) atoms. The van der Waals surface area contributed by atoms with E-state index in [9.17, 15) is 0 Å². The van der Waals surface area contributed by atoms with E-state index in [1.54, 1.807) is 0 Å². The average Bonchev–Trinajstić information content (AvgIpc) is 2.22. The summed E-state index contributed by atoms with van der Waals surface area (Å²) in [4.78, 5) is 0. The van der Waals surface area contributed by atoms with E-state index in [2.05, 4.69) is 24.2 Å². The molecule has 0 bridgehead atoms. The molecule has 0 saturated heterocycles. The van der Waals surface area contributed by atoms with Crippen LogP contribution in [0.4, 0.5) is 5.69 Å². The van der Waals surface area contributed by atoms with Gasteiger partial charge in [-0.3, -0.25) is 5.01 Å². The molecule has 0 aliphatic carbocycles. The zero-order valence-corrected chi connectivity index (χ0v) is 9.07. The second kappa shape index (κ2) is 5.37. The van der Waals surface area contributed by atoms with Crippen LogP contribution in [-0.4, -0.2) is 18.1 Å². The third-order valence-electron chi connectivity index (χ3n) is 2.12. The Hall–Kier alpha value is -1.38. The molecule has 1 aromatic carbocycles. The SMILES string of the molecule is CCN(CC)N=Nc1ccccc1C. The van der Waals surface area contributed by atoms with Gasteiger partial charge in [0.05, 0.1) is 5.69 Å². The number of hydrogen-bond acceptors (Lipinski definition) is 2. The first kappa shape index (κ1) is 10.7. The molecule has 0 spiro atoms. The molecule has 0 heterocycles. The summed E-state index contributed by atoms with van der Waals surface area (Å²) in [5.74, 6) is 0. The lowest BCUT2D eigenvalue weighted by molar-refractivity contribution is 0.300. The first-order valence-corrected chi connectivity index (χ1v) is 5.00. The minimum atomic E-state index is 0.895. The van der Waals surface area contributed by atoms with Crippen molar-refractivity contribution in [1.82, 2.24) is 5.01 Å². The molecular formula is C11H17N3. The normalized spacial score (nSPS) is 10.8. The first-order chi connectivity index (χ1) is 6.77. The van der Waals surface area contributed by atoms with Gasteiger partial charge >= 0.3 is 0 Å². The summed E-state index contributed by atoms with van der Waals surface area (Å²) in [5.41, 5.74) is 2.10. The van der Waals surface area contributed by atoms with E-state index < -0.39 is 0 Å². The minimum Gasteiger partial charge on any atom is -0.279 e. The Bertz CT molecular complexity index is 303. The van der Waals surface area contributed by atoms with Gasteiger partial charge in [0.15, 0.2) is 0 Å². The Balaban J connectivity index is 2.72. The largest absolute Gasteiger partial charge is 0.279 e. The molecule has 76 valence electrons. The van der Waals surface area contributed by atoms with Gasteiger partial charge in [-0.25, -0.2) is 0 Å². The Morgan fingerprint density at radius 1 is 1.14 bits per heavy atom. The summed E-state index contributed by atoms with van der Waals surface area (Å²) >= 11 is 0. The average molecular weight is 191 g/mol. The zero-order valence-electron chi connectivity index (χ0n) is 9.07. The Labute approximate surface area is 85.4 Å². The fourth-order valence-corrected chi connectivity index (χ4v) is 1.14. The topological polar surface area (TPSA) is 28.0 Å². The Morgan fingerprint density at radius 2 is 1.79 bits per heavy atom. The van der Waals surface area contributed by atoms with E-state index in [4.69, 9.17) is 0 Å². The summed E-state index contributed by atoms with van der Waals surface area (Å²) in [6.07, 6.45) is 0. The van der Waals surface area contributed by atoms with E-state index >= 15 is 0 Å². The van der Waals surface area contributed by atoms with Crippen LogP contribution in [-0.2, 0) is 0 Å². The Kier molecular flexibility index (Phi) is 4.11. The molecule has 0 aromatic heterocycles. The van der Waals surface area contributed by atoms with Crippen molar-refractivity contribution >= 4 is 5.69 Å². The zero-order chi connectivity index (χ0) is 10.4. The van der Waals surface area contributed by atoms with Crippen molar-refractivity contribution in [2.75, 3.05) is 13.1 Å². The minimum absolute atomic E-state index is 0.895. The molecule has 3 nitrogen and oxygen atoms in total. The summed E-state index contributed by atoms with van der Waals surface area (Å²) in [6, 6.07) is 7.99. The van der Waals surface area contributed by atoms with Crippen molar-refractivity contribution in [2.24, 2.45) is 10.3 Å². The third kappa shape index (κ3) is 2.83.